The Morgan fingerprint density at radius 2 is 1.51 bits per heavy atom. The van der Waals surface area contributed by atoms with Crippen LogP contribution in [0, 0.1) is 12.7 Å². The van der Waals surface area contributed by atoms with E-state index < -0.39 is 40.2 Å². The van der Waals surface area contributed by atoms with E-state index in [0.29, 0.717) is 5.69 Å². The molecular weight excluding hydrogens is 586 g/mol. The van der Waals surface area contributed by atoms with Crippen molar-refractivity contribution in [1.82, 2.24) is 10.2 Å². The highest BCUT2D eigenvalue weighted by atomic mass is 32.2. The van der Waals surface area contributed by atoms with E-state index in [4.69, 9.17) is 0 Å². The predicted molar refractivity (Wildman–Crippen MR) is 169 cm³/mol. The van der Waals surface area contributed by atoms with Crippen molar-refractivity contribution in [1.29, 1.82) is 0 Å². The second-order valence-corrected chi connectivity index (χ2v) is 12.7. The number of sulfonamides is 1. The monoisotopic (exact) mass is 619 g/mol. The number of nitrogens with one attached hydrogen (secondary N) is 1. The van der Waals surface area contributed by atoms with Gasteiger partial charge in [0.2, 0.25) is 11.8 Å². The summed E-state index contributed by atoms with van der Waals surface area (Å²) < 4.78 is 44.0. The molecule has 4 aromatic carbocycles. The largest absolute Gasteiger partial charge is 0.357 e. The minimum absolute atomic E-state index is 0.0199. The Bertz CT molecular complexity index is 1650. The molecule has 0 saturated heterocycles. The van der Waals surface area contributed by atoms with E-state index in [9.17, 15) is 22.4 Å². The average molecular weight is 620 g/mol. The Kier molecular flexibility index (Phi) is 10.6. The fraction of sp³-hybridized carbons (Fsp3) is 0.212. The molecule has 0 bridgehead atoms. The van der Waals surface area contributed by atoms with Crippen molar-refractivity contribution < 1.29 is 22.4 Å². The fourth-order valence-electron chi connectivity index (χ4n) is 4.65. The summed E-state index contributed by atoms with van der Waals surface area (Å²) in [5.41, 5.74) is 2.20. The van der Waals surface area contributed by atoms with Crippen molar-refractivity contribution in [2.75, 3.05) is 24.2 Å². The second-order valence-electron chi connectivity index (χ2n) is 9.96. The van der Waals surface area contributed by atoms with E-state index in [1.807, 2.05) is 43.5 Å². The van der Waals surface area contributed by atoms with Crippen LogP contribution in [0.25, 0.3) is 0 Å². The molecule has 10 heteroatoms. The van der Waals surface area contributed by atoms with E-state index in [1.165, 1.54) is 41.9 Å². The molecule has 4 rings (SSSR count). The van der Waals surface area contributed by atoms with Crippen molar-refractivity contribution in [3.63, 3.8) is 0 Å². The Balaban J connectivity index is 1.79. The molecule has 0 heterocycles. The SMILES string of the molecule is CNC(=O)[C@H](Cc1ccccc1)N(Cc1ccccc1F)C(=O)CN(c1ccc(C)cc1)S(=O)(=O)c1ccc(SC)cc1. The molecule has 0 aliphatic heterocycles. The molecular formula is C33H34FN3O4S2. The van der Waals surface area contributed by atoms with Gasteiger partial charge in [-0.25, -0.2) is 12.8 Å². The van der Waals surface area contributed by atoms with Crippen molar-refractivity contribution in [3.8, 4) is 0 Å². The number of rotatable bonds is 12. The third-order valence-corrected chi connectivity index (χ3v) is 9.60. The fourth-order valence-corrected chi connectivity index (χ4v) is 6.47. The lowest BCUT2D eigenvalue weighted by Crippen LogP contribution is -2.53. The smallest absolute Gasteiger partial charge is 0.264 e. The van der Waals surface area contributed by atoms with Crippen LogP contribution in [-0.2, 0) is 32.6 Å². The molecule has 0 spiro atoms. The Labute approximate surface area is 256 Å². The molecule has 0 aliphatic rings. The van der Waals surface area contributed by atoms with Crippen LogP contribution in [0.2, 0.25) is 0 Å². The van der Waals surface area contributed by atoms with Gasteiger partial charge in [-0.1, -0.05) is 66.2 Å². The quantitative estimate of drug-likeness (QED) is 0.214. The van der Waals surface area contributed by atoms with Gasteiger partial charge < -0.3 is 10.2 Å². The number of carbonyl (C=O) groups is 2. The molecule has 0 aliphatic carbocycles. The van der Waals surface area contributed by atoms with Crippen molar-refractivity contribution in [2.45, 2.75) is 35.7 Å². The van der Waals surface area contributed by atoms with Gasteiger partial charge in [0.05, 0.1) is 10.6 Å². The van der Waals surface area contributed by atoms with Gasteiger partial charge in [0.25, 0.3) is 10.0 Å². The van der Waals surface area contributed by atoms with E-state index in [1.54, 1.807) is 54.6 Å². The number of anilines is 1. The zero-order chi connectivity index (χ0) is 31.0. The highest BCUT2D eigenvalue weighted by Crippen LogP contribution is 2.27. The van der Waals surface area contributed by atoms with Gasteiger partial charge >= 0.3 is 0 Å². The minimum Gasteiger partial charge on any atom is -0.357 e. The van der Waals surface area contributed by atoms with Crippen LogP contribution in [0.1, 0.15) is 16.7 Å². The van der Waals surface area contributed by atoms with Gasteiger partial charge in [-0.15, -0.1) is 11.8 Å². The first-order chi connectivity index (χ1) is 20.6. The summed E-state index contributed by atoms with van der Waals surface area (Å²) in [6, 6.07) is 27.4. The molecule has 0 saturated carbocycles. The molecule has 0 unspecified atom stereocenters. The van der Waals surface area contributed by atoms with Crippen molar-refractivity contribution in [2.24, 2.45) is 0 Å². The summed E-state index contributed by atoms with van der Waals surface area (Å²) in [5.74, 6) is -1.64. The third kappa shape index (κ3) is 7.82. The number of likely N-dealkylation sites (N-methyl/N-ethyl adjacent to an activating group) is 1. The number of amides is 2. The van der Waals surface area contributed by atoms with Crippen LogP contribution in [0.15, 0.2) is 113 Å². The van der Waals surface area contributed by atoms with E-state index in [0.717, 1.165) is 20.3 Å². The number of hydrogen-bond donors (Lipinski definition) is 1. The number of halogens is 1. The van der Waals surface area contributed by atoms with Crippen LogP contribution in [0.3, 0.4) is 0 Å². The summed E-state index contributed by atoms with van der Waals surface area (Å²) in [5, 5.41) is 2.62. The first-order valence-electron chi connectivity index (χ1n) is 13.7. The normalized spacial score (nSPS) is 11.9. The lowest BCUT2D eigenvalue weighted by molar-refractivity contribution is -0.139. The number of benzene rings is 4. The highest BCUT2D eigenvalue weighted by Gasteiger charge is 2.34. The van der Waals surface area contributed by atoms with Crippen molar-refractivity contribution in [3.05, 3.63) is 126 Å². The van der Waals surface area contributed by atoms with E-state index in [2.05, 4.69) is 5.32 Å². The molecule has 1 N–H and O–H groups in total. The first kappa shape index (κ1) is 31.8. The average Bonchev–Trinajstić information content (AvgIpc) is 3.02. The summed E-state index contributed by atoms with van der Waals surface area (Å²) in [6.45, 7) is 1.04. The Morgan fingerprint density at radius 3 is 2.12 bits per heavy atom. The number of hydrogen-bond acceptors (Lipinski definition) is 5. The van der Waals surface area contributed by atoms with E-state index in [-0.39, 0.29) is 23.4 Å². The number of nitrogens with zero attached hydrogens (tertiary/aromatic N) is 2. The van der Waals surface area contributed by atoms with Gasteiger partial charge in [0.1, 0.15) is 18.4 Å². The van der Waals surface area contributed by atoms with Crippen LogP contribution < -0.4 is 9.62 Å². The van der Waals surface area contributed by atoms with Crippen LogP contribution in [0.4, 0.5) is 10.1 Å². The summed E-state index contributed by atoms with van der Waals surface area (Å²) in [7, 11) is -2.74. The zero-order valence-electron chi connectivity index (χ0n) is 24.2. The molecule has 0 fully saturated rings. The Hall–Kier alpha value is -4.15. The molecule has 2 amide bonds. The zero-order valence-corrected chi connectivity index (χ0v) is 25.9. The number of aryl methyl sites for hydroxylation is 1. The summed E-state index contributed by atoms with van der Waals surface area (Å²) in [4.78, 5) is 29.7. The molecule has 0 radical (unpaired) electrons. The topological polar surface area (TPSA) is 86.8 Å². The highest BCUT2D eigenvalue weighted by molar-refractivity contribution is 7.98. The number of thioether (sulfide) groups is 1. The lowest BCUT2D eigenvalue weighted by atomic mass is 10.0. The van der Waals surface area contributed by atoms with Crippen LogP contribution >= 0.6 is 11.8 Å². The first-order valence-corrected chi connectivity index (χ1v) is 16.3. The van der Waals surface area contributed by atoms with E-state index >= 15 is 0 Å². The minimum atomic E-state index is -4.21. The molecule has 43 heavy (non-hydrogen) atoms. The number of carbonyl (C=O) groups excluding carboxylic acids is 2. The van der Waals surface area contributed by atoms with Gasteiger partial charge in [-0.2, -0.15) is 0 Å². The standard InChI is InChI=1S/C33H34FN3O4S2/c1-24-13-15-27(16-14-24)37(43(40,41)29-19-17-28(42-3)18-20-29)23-32(38)36(22-26-11-7-8-12-30(26)34)31(33(39)35-2)21-25-9-5-4-6-10-25/h4-20,31H,21-23H2,1-3H3,(H,35,39)/t31-/m0/s1. The van der Waals surface area contributed by atoms with Gasteiger partial charge in [0, 0.05) is 30.5 Å². The van der Waals surface area contributed by atoms with Gasteiger partial charge in [-0.05, 0) is 61.2 Å². The summed E-state index contributed by atoms with van der Waals surface area (Å²) >= 11 is 1.48. The maximum atomic E-state index is 14.9. The van der Waals surface area contributed by atoms with Gasteiger partial charge in [-0.3, -0.25) is 13.9 Å². The second kappa shape index (κ2) is 14.3. The molecule has 4 aromatic rings. The van der Waals surface area contributed by atoms with Crippen LogP contribution in [-0.4, -0.2) is 51.0 Å². The predicted octanol–water partition coefficient (Wildman–Crippen LogP) is 5.44. The molecule has 7 nitrogen and oxygen atoms in total. The molecule has 1 atom stereocenters. The Morgan fingerprint density at radius 1 is 0.884 bits per heavy atom. The van der Waals surface area contributed by atoms with Crippen molar-refractivity contribution >= 4 is 39.3 Å². The molecule has 224 valence electrons. The van der Waals surface area contributed by atoms with Crippen LogP contribution in [0.5, 0.6) is 0 Å². The maximum Gasteiger partial charge on any atom is 0.264 e. The maximum absolute atomic E-state index is 14.9. The third-order valence-electron chi connectivity index (χ3n) is 7.06. The lowest BCUT2D eigenvalue weighted by Gasteiger charge is -2.33. The molecule has 0 aromatic heterocycles. The van der Waals surface area contributed by atoms with Gasteiger partial charge in [0.15, 0.2) is 0 Å². The summed E-state index contributed by atoms with van der Waals surface area (Å²) in [6.07, 6.45) is 2.04.